The van der Waals surface area contributed by atoms with E-state index in [-0.39, 0.29) is 24.9 Å². The number of ether oxygens (including phenoxy) is 1. The third-order valence-electron chi connectivity index (χ3n) is 2.76. The molecule has 1 saturated heterocycles. The Hall–Kier alpha value is -1.11. The highest BCUT2D eigenvalue weighted by atomic mass is 79.9. The first-order valence-corrected chi connectivity index (χ1v) is 6.40. The summed E-state index contributed by atoms with van der Waals surface area (Å²) in [5, 5.41) is 9.25. The van der Waals surface area contributed by atoms with Crippen LogP contribution in [0.25, 0.3) is 0 Å². The Labute approximate surface area is 107 Å². The van der Waals surface area contributed by atoms with E-state index >= 15 is 0 Å². The van der Waals surface area contributed by atoms with Gasteiger partial charge in [-0.05, 0) is 19.8 Å². The summed E-state index contributed by atoms with van der Waals surface area (Å²) in [5.74, 6) is -2.61. The maximum absolute atomic E-state index is 11.8. The topological polar surface area (TPSA) is 83.9 Å². The van der Waals surface area contributed by atoms with E-state index in [1.807, 2.05) is 0 Å². The van der Waals surface area contributed by atoms with Gasteiger partial charge in [-0.15, -0.1) is 0 Å². The highest BCUT2D eigenvalue weighted by Gasteiger charge is 2.57. The lowest BCUT2D eigenvalue weighted by Gasteiger charge is -2.31. The fourth-order valence-electron chi connectivity index (χ4n) is 2.00. The number of carboxylic acids is 1. The standard InChI is InChI=1S/C10H14BrNO5/c1-2-17-9(16)10(8(14)15)4-3-5-12(10)7(13)6-11/h2-6H2,1H3,(H,14,15). The van der Waals surface area contributed by atoms with Crippen LogP contribution in [-0.4, -0.2) is 51.9 Å². The van der Waals surface area contributed by atoms with Gasteiger partial charge < -0.3 is 14.7 Å². The van der Waals surface area contributed by atoms with Gasteiger partial charge in [-0.2, -0.15) is 0 Å². The van der Waals surface area contributed by atoms with Gasteiger partial charge in [0.2, 0.25) is 11.4 Å². The van der Waals surface area contributed by atoms with E-state index in [4.69, 9.17) is 4.74 Å². The molecule has 0 saturated carbocycles. The zero-order valence-corrected chi connectivity index (χ0v) is 11.0. The number of amides is 1. The Morgan fingerprint density at radius 3 is 2.59 bits per heavy atom. The molecule has 1 atom stereocenters. The zero-order chi connectivity index (χ0) is 13.1. The molecule has 1 aliphatic heterocycles. The number of hydrogen-bond acceptors (Lipinski definition) is 4. The lowest BCUT2D eigenvalue weighted by Crippen LogP contribution is -2.59. The molecule has 0 radical (unpaired) electrons. The Morgan fingerprint density at radius 1 is 1.47 bits per heavy atom. The fourth-order valence-corrected chi connectivity index (χ4v) is 2.30. The third-order valence-corrected chi connectivity index (χ3v) is 3.24. The number of halogens is 1. The normalized spacial score (nSPS) is 23.5. The maximum Gasteiger partial charge on any atom is 0.343 e. The first kappa shape index (κ1) is 14.0. The Morgan fingerprint density at radius 2 is 2.12 bits per heavy atom. The van der Waals surface area contributed by atoms with E-state index in [9.17, 15) is 19.5 Å². The molecular formula is C10H14BrNO5. The van der Waals surface area contributed by atoms with Crippen LogP contribution < -0.4 is 0 Å². The second-order valence-corrected chi connectivity index (χ2v) is 4.23. The van der Waals surface area contributed by atoms with E-state index in [1.54, 1.807) is 6.92 Å². The van der Waals surface area contributed by atoms with Gasteiger partial charge >= 0.3 is 11.9 Å². The lowest BCUT2D eigenvalue weighted by atomic mass is 9.96. The van der Waals surface area contributed by atoms with Crippen molar-refractivity contribution >= 4 is 33.8 Å². The number of carbonyl (C=O) groups is 3. The van der Waals surface area contributed by atoms with Crippen LogP contribution >= 0.6 is 15.9 Å². The number of carboxylic acid groups (broad SMARTS) is 1. The molecule has 6 nitrogen and oxygen atoms in total. The SMILES string of the molecule is CCOC(=O)C1(C(=O)O)CCCN1C(=O)CBr. The lowest BCUT2D eigenvalue weighted by molar-refractivity contribution is -0.172. The predicted octanol–water partition coefficient (Wildman–Crippen LogP) is 0.390. The summed E-state index contributed by atoms with van der Waals surface area (Å²) in [6.45, 7) is 1.94. The minimum absolute atomic E-state index is 0.0125. The summed E-state index contributed by atoms with van der Waals surface area (Å²) >= 11 is 2.98. The molecule has 1 N–H and O–H groups in total. The van der Waals surface area contributed by atoms with E-state index in [0.717, 1.165) is 4.90 Å². The number of nitrogens with zero attached hydrogens (tertiary/aromatic N) is 1. The number of rotatable bonds is 4. The van der Waals surface area contributed by atoms with Crippen molar-refractivity contribution < 1.29 is 24.2 Å². The van der Waals surface area contributed by atoms with Crippen LogP contribution in [0.15, 0.2) is 0 Å². The maximum atomic E-state index is 11.8. The molecule has 17 heavy (non-hydrogen) atoms. The van der Waals surface area contributed by atoms with Crippen molar-refractivity contribution in [1.29, 1.82) is 0 Å². The van der Waals surface area contributed by atoms with Crippen molar-refractivity contribution in [3.8, 4) is 0 Å². The van der Waals surface area contributed by atoms with Gasteiger partial charge in [0.15, 0.2) is 0 Å². The molecule has 0 aliphatic carbocycles. The van der Waals surface area contributed by atoms with E-state index in [0.29, 0.717) is 6.42 Å². The first-order valence-electron chi connectivity index (χ1n) is 5.27. The summed E-state index contributed by atoms with van der Waals surface area (Å²) in [6, 6.07) is 0. The average Bonchev–Trinajstić information content (AvgIpc) is 2.73. The highest BCUT2D eigenvalue weighted by molar-refractivity contribution is 9.09. The van der Waals surface area contributed by atoms with Gasteiger partial charge in [0.05, 0.1) is 11.9 Å². The molecule has 1 amide bonds. The molecule has 0 aromatic heterocycles. The molecule has 1 rings (SSSR count). The Balaban J connectivity index is 3.09. The number of hydrogen-bond donors (Lipinski definition) is 1. The largest absolute Gasteiger partial charge is 0.479 e. The molecule has 0 bridgehead atoms. The summed E-state index contributed by atoms with van der Waals surface area (Å²) in [7, 11) is 0. The van der Waals surface area contributed by atoms with Gasteiger partial charge in [0.25, 0.3) is 0 Å². The minimum Gasteiger partial charge on any atom is -0.479 e. The van der Waals surface area contributed by atoms with Crippen molar-refractivity contribution in [2.75, 3.05) is 18.5 Å². The number of aliphatic carboxylic acids is 1. The van der Waals surface area contributed by atoms with Crippen LogP contribution in [0.3, 0.4) is 0 Å². The Bertz CT molecular complexity index is 346. The van der Waals surface area contributed by atoms with E-state index < -0.39 is 23.4 Å². The van der Waals surface area contributed by atoms with Crippen molar-refractivity contribution in [1.82, 2.24) is 4.90 Å². The van der Waals surface area contributed by atoms with Crippen molar-refractivity contribution in [3.05, 3.63) is 0 Å². The van der Waals surface area contributed by atoms with Crippen molar-refractivity contribution in [2.45, 2.75) is 25.3 Å². The summed E-state index contributed by atoms with van der Waals surface area (Å²) < 4.78 is 4.79. The summed E-state index contributed by atoms with van der Waals surface area (Å²) in [4.78, 5) is 35.9. The summed E-state index contributed by atoms with van der Waals surface area (Å²) in [5.41, 5.74) is -1.85. The molecule has 0 aromatic rings. The second kappa shape index (κ2) is 5.48. The van der Waals surface area contributed by atoms with Crippen LogP contribution in [0, 0.1) is 0 Å². The predicted molar refractivity (Wildman–Crippen MR) is 61.7 cm³/mol. The molecule has 0 aromatic carbocycles. The molecule has 1 aliphatic rings. The van der Waals surface area contributed by atoms with Crippen molar-refractivity contribution in [2.24, 2.45) is 0 Å². The van der Waals surface area contributed by atoms with Gasteiger partial charge in [0, 0.05) is 6.54 Å². The molecule has 1 fully saturated rings. The highest BCUT2D eigenvalue weighted by Crippen LogP contribution is 2.31. The monoisotopic (exact) mass is 307 g/mol. The molecule has 1 unspecified atom stereocenters. The van der Waals surface area contributed by atoms with E-state index in [2.05, 4.69) is 15.9 Å². The number of esters is 1. The first-order chi connectivity index (χ1) is 8.00. The second-order valence-electron chi connectivity index (χ2n) is 3.67. The molecule has 96 valence electrons. The summed E-state index contributed by atoms with van der Waals surface area (Å²) in [6.07, 6.45) is 0.573. The molecule has 1 heterocycles. The number of likely N-dealkylation sites (tertiary alicyclic amines) is 1. The number of alkyl halides is 1. The minimum atomic E-state index is -1.85. The van der Waals surface area contributed by atoms with Crippen molar-refractivity contribution in [3.63, 3.8) is 0 Å². The molecular weight excluding hydrogens is 294 g/mol. The van der Waals surface area contributed by atoms with E-state index in [1.165, 1.54) is 0 Å². The van der Waals surface area contributed by atoms with Crippen LogP contribution in [0.1, 0.15) is 19.8 Å². The Kier molecular flexibility index (Phi) is 4.50. The van der Waals surface area contributed by atoms with Crippen LogP contribution in [0.2, 0.25) is 0 Å². The van der Waals surface area contributed by atoms with Crippen LogP contribution in [-0.2, 0) is 19.1 Å². The molecule has 7 heteroatoms. The average molecular weight is 308 g/mol. The zero-order valence-electron chi connectivity index (χ0n) is 9.44. The molecule has 0 spiro atoms. The quantitative estimate of drug-likeness (QED) is 0.461. The van der Waals surface area contributed by atoms with Gasteiger partial charge in [0.1, 0.15) is 0 Å². The van der Waals surface area contributed by atoms with Crippen LogP contribution in [0.5, 0.6) is 0 Å². The smallest absolute Gasteiger partial charge is 0.343 e. The third kappa shape index (κ3) is 2.29. The number of carbonyl (C=O) groups excluding carboxylic acids is 2. The van der Waals surface area contributed by atoms with Crippen LogP contribution in [0.4, 0.5) is 0 Å². The van der Waals surface area contributed by atoms with Gasteiger partial charge in [-0.3, -0.25) is 4.79 Å². The van der Waals surface area contributed by atoms with Gasteiger partial charge in [-0.1, -0.05) is 15.9 Å². The fraction of sp³-hybridized carbons (Fsp3) is 0.700. The van der Waals surface area contributed by atoms with Gasteiger partial charge in [-0.25, -0.2) is 9.59 Å².